The molecule has 0 aliphatic carbocycles. The van der Waals surface area contributed by atoms with Crippen LogP contribution in [0.2, 0.25) is 0 Å². The SMILES string of the molecule is COc1ccc(CN(Cc2cc3ccc(OC)cc3[nH]c2=O)C(=S)NCCCN2CCOCC2)cc1. The van der Waals surface area contributed by atoms with Gasteiger partial charge in [0.05, 0.1) is 39.5 Å². The zero-order valence-corrected chi connectivity index (χ0v) is 21.7. The molecule has 0 radical (unpaired) electrons. The van der Waals surface area contributed by atoms with E-state index in [0.29, 0.717) is 29.5 Å². The van der Waals surface area contributed by atoms with Crippen LogP contribution in [0.5, 0.6) is 11.5 Å². The fourth-order valence-corrected chi connectivity index (χ4v) is 4.49. The van der Waals surface area contributed by atoms with Gasteiger partial charge in [-0.25, -0.2) is 0 Å². The Balaban J connectivity index is 1.47. The molecule has 0 unspecified atom stereocenters. The Bertz CT molecular complexity index is 1210. The van der Waals surface area contributed by atoms with Crippen LogP contribution < -0.4 is 20.3 Å². The van der Waals surface area contributed by atoms with Crippen molar-refractivity contribution in [2.24, 2.45) is 0 Å². The van der Waals surface area contributed by atoms with E-state index in [0.717, 1.165) is 68.0 Å². The van der Waals surface area contributed by atoms with Crippen LogP contribution in [0.1, 0.15) is 17.5 Å². The van der Waals surface area contributed by atoms with Crippen molar-refractivity contribution >= 4 is 28.2 Å². The third-order valence-electron chi connectivity index (χ3n) is 6.34. The molecule has 9 heteroatoms. The van der Waals surface area contributed by atoms with Crippen molar-refractivity contribution in [3.05, 3.63) is 70.0 Å². The van der Waals surface area contributed by atoms with E-state index in [2.05, 4.69) is 15.2 Å². The van der Waals surface area contributed by atoms with Gasteiger partial charge >= 0.3 is 0 Å². The van der Waals surface area contributed by atoms with Crippen molar-refractivity contribution in [3.63, 3.8) is 0 Å². The summed E-state index contributed by atoms with van der Waals surface area (Å²) in [6.07, 6.45) is 0.981. The van der Waals surface area contributed by atoms with E-state index in [1.807, 2.05) is 53.4 Å². The van der Waals surface area contributed by atoms with Gasteiger partial charge in [-0.3, -0.25) is 9.69 Å². The maximum atomic E-state index is 12.9. The van der Waals surface area contributed by atoms with E-state index in [-0.39, 0.29) is 5.56 Å². The molecule has 1 aromatic heterocycles. The van der Waals surface area contributed by atoms with Crippen LogP contribution in [-0.2, 0) is 17.8 Å². The molecule has 2 N–H and O–H groups in total. The van der Waals surface area contributed by atoms with E-state index < -0.39 is 0 Å². The van der Waals surface area contributed by atoms with Gasteiger partial charge in [-0.2, -0.15) is 0 Å². The molecule has 36 heavy (non-hydrogen) atoms. The van der Waals surface area contributed by atoms with Crippen molar-refractivity contribution in [2.75, 3.05) is 53.6 Å². The topological polar surface area (TPSA) is 79.1 Å². The van der Waals surface area contributed by atoms with Gasteiger partial charge in [0.1, 0.15) is 11.5 Å². The molecule has 1 aliphatic heterocycles. The lowest BCUT2D eigenvalue weighted by Crippen LogP contribution is -2.42. The van der Waals surface area contributed by atoms with Crippen molar-refractivity contribution in [1.29, 1.82) is 0 Å². The van der Waals surface area contributed by atoms with E-state index in [4.69, 9.17) is 26.4 Å². The van der Waals surface area contributed by atoms with Crippen LogP contribution in [0.4, 0.5) is 0 Å². The standard InChI is InChI=1S/C27H34N4O4S/c1-33-23-7-4-20(5-8-23)18-31(27(36)28-10-3-11-30-12-14-35-15-13-30)19-22-16-21-6-9-24(34-2)17-25(21)29-26(22)32/h4-9,16-17H,3,10-15,18-19H2,1-2H3,(H,28,36)(H,29,32). The quantitative estimate of drug-likeness (QED) is 0.318. The monoisotopic (exact) mass is 510 g/mol. The van der Waals surface area contributed by atoms with Gasteiger partial charge in [0.2, 0.25) is 0 Å². The first-order valence-corrected chi connectivity index (χ1v) is 12.6. The molecular weight excluding hydrogens is 476 g/mol. The highest BCUT2D eigenvalue weighted by atomic mass is 32.1. The first kappa shape index (κ1) is 25.9. The number of morpholine rings is 1. The lowest BCUT2D eigenvalue weighted by molar-refractivity contribution is 0.0376. The Morgan fingerprint density at radius 3 is 2.50 bits per heavy atom. The number of benzene rings is 2. The second-order valence-corrected chi connectivity index (χ2v) is 9.21. The van der Waals surface area contributed by atoms with Crippen molar-refractivity contribution in [1.82, 2.24) is 20.1 Å². The summed E-state index contributed by atoms with van der Waals surface area (Å²) in [6, 6.07) is 15.5. The molecule has 1 saturated heterocycles. The van der Waals surface area contributed by atoms with Crippen molar-refractivity contribution in [3.8, 4) is 11.5 Å². The molecular formula is C27H34N4O4S. The number of pyridine rings is 1. The number of nitrogens with one attached hydrogen (secondary N) is 2. The van der Waals surface area contributed by atoms with Crippen LogP contribution in [0.25, 0.3) is 10.9 Å². The number of fused-ring (bicyclic) bond motifs is 1. The maximum Gasteiger partial charge on any atom is 0.253 e. The van der Waals surface area contributed by atoms with Crippen LogP contribution in [0.3, 0.4) is 0 Å². The summed E-state index contributed by atoms with van der Waals surface area (Å²) in [5, 5.41) is 4.97. The molecule has 0 bridgehead atoms. The first-order valence-electron chi connectivity index (χ1n) is 12.2. The maximum absolute atomic E-state index is 12.9. The Hall–Kier alpha value is -3.14. The number of nitrogens with zero attached hydrogens (tertiary/aromatic N) is 2. The molecule has 4 rings (SSSR count). The van der Waals surface area contributed by atoms with Gasteiger partial charge in [-0.1, -0.05) is 12.1 Å². The number of hydrogen-bond donors (Lipinski definition) is 2. The van der Waals surface area contributed by atoms with Crippen molar-refractivity contribution < 1.29 is 14.2 Å². The highest BCUT2D eigenvalue weighted by Gasteiger charge is 2.15. The predicted molar refractivity (Wildman–Crippen MR) is 146 cm³/mol. The summed E-state index contributed by atoms with van der Waals surface area (Å²) in [4.78, 5) is 20.4. The summed E-state index contributed by atoms with van der Waals surface area (Å²) in [5.41, 5.74) is 2.34. The van der Waals surface area contributed by atoms with Crippen LogP contribution in [0.15, 0.2) is 53.3 Å². The van der Waals surface area contributed by atoms with E-state index >= 15 is 0 Å². The molecule has 2 aromatic carbocycles. The van der Waals surface area contributed by atoms with Gasteiger partial charge in [0.15, 0.2) is 5.11 Å². The van der Waals surface area contributed by atoms with E-state index in [1.54, 1.807) is 14.2 Å². The minimum Gasteiger partial charge on any atom is -0.497 e. The van der Waals surface area contributed by atoms with Gasteiger partial charge in [-0.05, 0) is 66.5 Å². The third-order valence-corrected chi connectivity index (χ3v) is 6.74. The number of thiocarbonyl (C=S) groups is 1. The summed E-state index contributed by atoms with van der Waals surface area (Å²) < 4.78 is 16.0. The molecule has 0 amide bonds. The summed E-state index contributed by atoms with van der Waals surface area (Å²) >= 11 is 5.79. The van der Waals surface area contributed by atoms with Gasteiger partial charge in [0.25, 0.3) is 5.56 Å². The van der Waals surface area contributed by atoms with Crippen LogP contribution in [0, 0.1) is 0 Å². The Labute approximate surface area is 217 Å². The normalized spacial score (nSPS) is 13.9. The second-order valence-electron chi connectivity index (χ2n) is 8.82. The molecule has 0 spiro atoms. The summed E-state index contributed by atoms with van der Waals surface area (Å²) in [6.45, 7) is 6.28. The molecule has 0 saturated carbocycles. The highest BCUT2D eigenvalue weighted by molar-refractivity contribution is 7.80. The number of rotatable bonds is 10. The Kier molecular flexibility index (Phi) is 9.16. The summed E-state index contributed by atoms with van der Waals surface area (Å²) in [7, 11) is 3.26. The molecule has 1 aliphatic rings. The number of methoxy groups -OCH3 is 2. The Morgan fingerprint density at radius 2 is 1.78 bits per heavy atom. The number of H-pyrrole nitrogens is 1. The molecule has 1 fully saturated rings. The lowest BCUT2D eigenvalue weighted by Gasteiger charge is -2.28. The van der Waals surface area contributed by atoms with Gasteiger partial charge < -0.3 is 29.4 Å². The molecule has 0 atom stereocenters. The predicted octanol–water partition coefficient (Wildman–Crippen LogP) is 3.14. The second kappa shape index (κ2) is 12.7. The third kappa shape index (κ3) is 6.96. The van der Waals surface area contributed by atoms with Crippen molar-refractivity contribution in [2.45, 2.75) is 19.5 Å². The average molecular weight is 511 g/mol. The smallest absolute Gasteiger partial charge is 0.253 e. The Morgan fingerprint density at radius 1 is 1.06 bits per heavy atom. The summed E-state index contributed by atoms with van der Waals surface area (Å²) in [5.74, 6) is 1.50. The van der Waals surface area contributed by atoms with E-state index in [1.165, 1.54) is 0 Å². The van der Waals surface area contributed by atoms with Gasteiger partial charge in [0, 0.05) is 37.8 Å². The fraction of sp³-hybridized carbons (Fsp3) is 0.407. The largest absolute Gasteiger partial charge is 0.497 e. The lowest BCUT2D eigenvalue weighted by atomic mass is 10.1. The number of aromatic amines is 1. The number of hydrogen-bond acceptors (Lipinski definition) is 6. The number of ether oxygens (including phenoxy) is 3. The molecule has 2 heterocycles. The minimum atomic E-state index is -0.134. The van der Waals surface area contributed by atoms with Crippen LogP contribution in [-0.4, -0.2) is 73.5 Å². The average Bonchev–Trinajstić information content (AvgIpc) is 2.91. The zero-order valence-electron chi connectivity index (χ0n) is 20.9. The van der Waals surface area contributed by atoms with Gasteiger partial charge in [-0.15, -0.1) is 0 Å². The number of aromatic nitrogens is 1. The minimum absolute atomic E-state index is 0.134. The highest BCUT2D eigenvalue weighted by Crippen LogP contribution is 2.20. The first-order chi connectivity index (χ1) is 17.6. The molecule has 3 aromatic rings. The van der Waals surface area contributed by atoms with E-state index in [9.17, 15) is 4.79 Å². The molecule has 8 nitrogen and oxygen atoms in total. The fourth-order valence-electron chi connectivity index (χ4n) is 4.26. The molecule has 192 valence electrons. The van der Waals surface area contributed by atoms with Crippen LogP contribution >= 0.6 is 12.2 Å². The zero-order chi connectivity index (χ0) is 25.3.